The summed E-state index contributed by atoms with van der Waals surface area (Å²) in [4.78, 5) is 0. The molecule has 2 fully saturated rings. The second kappa shape index (κ2) is 13.2. The van der Waals surface area contributed by atoms with Crippen molar-refractivity contribution >= 4 is 0 Å². The predicted octanol–water partition coefficient (Wildman–Crippen LogP) is 8.61. The molecule has 1 heteroatoms. The van der Waals surface area contributed by atoms with Crippen LogP contribution in [0.2, 0.25) is 0 Å². The normalized spacial score (nSPS) is 27.8. The van der Waals surface area contributed by atoms with Crippen molar-refractivity contribution in [3.05, 3.63) is 59.7 Å². The Balaban J connectivity index is 1.37. The summed E-state index contributed by atoms with van der Waals surface area (Å²) in [5.41, 5.74) is 2.86. The molecule has 0 heterocycles. The summed E-state index contributed by atoms with van der Waals surface area (Å²) in [6.07, 6.45) is 24.2. The Morgan fingerprint density at radius 1 is 0.833 bits per heavy atom. The molecule has 2 aliphatic rings. The second-order valence-corrected chi connectivity index (χ2v) is 9.66. The average molecular weight is 409 g/mol. The van der Waals surface area contributed by atoms with E-state index in [-0.39, 0.29) is 0 Å². The molecule has 0 N–H and O–H groups in total. The lowest BCUT2D eigenvalue weighted by molar-refractivity contribution is 0.125. The molecule has 166 valence electrons. The molecule has 2 saturated carbocycles. The molecule has 2 aliphatic carbocycles. The number of benzene rings is 1. The van der Waals surface area contributed by atoms with Crippen molar-refractivity contribution in [3.63, 3.8) is 0 Å². The van der Waals surface area contributed by atoms with Crippen molar-refractivity contribution in [2.45, 2.75) is 97.0 Å². The number of hydrogen-bond donors (Lipinski definition) is 0. The quantitative estimate of drug-likeness (QED) is 0.278. The fourth-order valence-corrected chi connectivity index (χ4v) is 5.58. The molecule has 30 heavy (non-hydrogen) atoms. The summed E-state index contributed by atoms with van der Waals surface area (Å²) < 4.78 is 5.77. The van der Waals surface area contributed by atoms with E-state index >= 15 is 0 Å². The van der Waals surface area contributed by atoms with Gasteiger partial charge in [0.25, 0.3) is 0 Å². The van der Waals surface area contributed by atoms with E-state index in [0.717, 1.165) is 43.3 Å². The van der Waals surface area contributed by atoms with Crippen molar-refractivity contribution in [1.29, 1.82) is 0 Å². The van der Waals surface area contributed by atoms with Gasteiger partial charge in [0.15, 0.2) is 0 Å². The standard InChI is InChI=1S/C29H44O/c1-3-5-7-9-24-10-14-26(15-11-24)28-18-20-29(21-19-28)27-16-12-25(13-17-27)23-30-22-8-6-4-2/h4,6-7,9,12-13,16-17,24,26,28-29H,3,5,8,10-11,14-15,18-23H2,1-2H3/b6-4+,9-7+. The van der Waals surface area contributed by atoms with E-state index in [9.17, 15) is 0 Å². The molecule has 0 unspecified atom stereocenters. The fourth-order valence-electron chi connectivity index (χ4n) is 5.58. The molecule has 0 radical (unpaired) electrons. The minimum Gasteiger partial charge on any atom is -0.376 e. The first kappa shape index (κ1) is 23.3. The summed E-state index contributed by atoms with van der Waals surface area (Å²) in [5.74, 6) is 3.64. The smallest absolute Gasteiger partial charge is 0.0717 e. The Kier molecular flexibility index (Phi) is 10.2. The fraction of sp³-hybridized carbons (Fsp3) is 0.655. The highest BCUT2D eigenvalue weighted by molar-refractivity contribution is 5.25. The number of allylic oxidation sites excluding steroid dienone is 3. The Morgan fingerprint density at radius 3 is 2.13 bits per heavy atom. The largest absolute Gasteiger partial charge is 0.376 e. The van der Waals surface area contributed by atoms with Crippen LogP contribution in [0, 0.1) is 17.8 Å². The molecule has 1 nitrogen and oxygen atoms in total. The Hall–Kier alpha value is -1.34. The average Bonchev–Trinajstić information content (AvgIpc) is 2.80. The highest BCUT2D eigenvalue weighted by atomic mass is 16.5. The van der Waals surface area contributed by atoms with Crippen molar-refractivity contribution < 1.29 is 4.74 Å². The van der Waals surface area contributed by atoms with Gasteiger partial charge < -0.3 is 4.74 Å². The minimum atomic E-state index is 0.737. The summed E-state index contributed by atoms with van der Waals surface area (Å²) in [7, 11) is 0. The van der Waals surface area contributed by atoms with E-state index in [1.807, 2.05) is 0 Å². The summed E-state index contributed by atoms with van der Waals surface area (Å²) in [6, 6.07) is 9.29. The molecule has 0 atom stereocenters. The van der Waals surface area contributed by atoms with Crippen molar-refractivity contribution in [1.82, 2.24) is 0 Å². The number of hydrogen-bond acceptors (Lipinski definition) is 1. The topological polar surface area (TPSA) is 9.23 Å². The Bertz CT molecular complexity index is 625. The first-order chi connectivity index (χ1) is 14.8. The molecule has 0 spiro atoms. The maximum absolute atomic E-state index is 5.77. The number of unbranched alkanes of at least 4 members (excludes halogenated alkanes) is 1. The van der Waals surface area contributed by atoms with E-state index in [0.29, 0.717) is 0 Å². The van der Waals surface area contributed by atoms with E-state index in [1.54, 1.807) is 5.56 Å². The third-order valence-corrected chi connectivity index (χ3v) is 7.50. The molecule has 0 saturated heterocycles. The van der Waals surface area contributed by atoms with Gasteiger partial charge in [0, 0.05) is 0 Å². The minimum absolute atomic E-state index is 0.737. The van der Waals surface area contributed by atoms with Crippen LogP contribution in [-0.4, -0.2) is 6.61 Å². The van der Waals surface area contributed by atoms with Crippen LogP contribution in [0.3, 0.4) is 0 Å². The molecule has 1 aromatic rings. The zero-order valence-electron chi connectivity index (χ0n) is 19.5. The molecule has 0 amide bonds. The van der Waals surface area contributed by atoms with Crippen LogP contribution in [0.4, 0.5) is 0 Å². The number of rotatable bonds is 10. The molecule has 0 aromatic heterocycles. The monoisotopic (exact) mass is 408 g/mol. The van der Waals surface area contributed by atoms with Crippen molar-refractivity contribution in [3.8, 4) is 0 Å². The van der Waals surface area contributed by atoms with Crippen LogP contribution in [0.5, 0.6) is 0 Å². The van der Waals surface area contributed by atoms with E-state index in [2.05, 4.69) is 62.4 Å². The molecular weight excluding hydrogens is 364 g/mol. The van der Waals surface area contributed by atoms with Crippen LogP contribution in [0.25, 0.3) is 0 Å². The third-order valence-electron chi connectivity index (χ3n) is 7.50. The molecule has 3 rings (SSSR count). The second-order valence-electron chi connectivity index (χ2n) is 9.66. The zero-order valence-corrected chi connectivity index (χ0v) is 19.5. The van der Waals surface area contributed by atoms with Gasteiger partial charge in [-0.15, -0.1) is 0 Å². The van der Waals surface area contributed by atoms with Gasteiger partial charge in [-0.1, -0.05) is 61.9 Å². The summed E-state index contributed by atoms with van der Waals surface area (Å²) in [6.45, 7) is 5.88. The Labute approximate surface area is 186 Å². The highest BCUT2D eigenvalue weighted by Crippen LogP contribution is 2.44. The zero-order chi connectivity index (χ0) is 21.0. The van der Waals surface area contributed by atoms with Crippen LogP contribution in [0.15, 0.2) is 48.6 Å². The summed E-state index contributed by atoms with van der Waals surface area (Å²) >= 11 is 0. The van der Waals surface area contributed by atoms with Gasteiger partial charge in [-0.05, 0) is 106 Å². The number of ether oxygens (including phenoxy) is 1. The van der Waals surface area contributed by atoms with Crippen LogP contribution in [0.1, 0.15) is 102 Å². The lowest BCUT2D eigenvalue weighted by Crippen LogP contribution is -2.25. The third kappa shape index (κ3) is 7.41. The van der Waals surface area contributed by atoms with Gasteiger partial charge in [-0.3, -0.25) is 0 Å². The maximum Gasteiger partial charge on any atom is 0.0717 e. The van der Waals surface area contributed by atoms with Crippen molar-refractivity contribution in [2.75, 3.05) is 6.61 Å². The van der Waals surface area contributed by atoms with Crippen LogP contribution < -0.4 is 0 Å². The van der Waals surface area contributed by atoms with Crippen molar-refractivity contribution in [2.24, 2.45) is 17.8 Å². The van der Waals surface area contributed by atoms with E-state index in [1.165, 1.54) is 69.8 Å². The lowest BCUT2D eigenvalue weighted by atomic mass is 9.68. The van der Waals surface area contributed by atoms with E-state index in [4.69, 9.17) is 4.74 Å². The van der Waals surface area contributed by atoms with Gasteiger partial charge in [0.1, 0.15) is 0 Å². The molecular formula is C29H44O. The van der Waals surface area contributed by atoms with Gasteiger partial charge in [0.2, 0.25) is 0 Å². The lowest BCUT2D eigenvalue weighted by Gasteiger charge is -2.37. The van der Waals surface area contributed by atoms with Gasteiger partial charge in [-0.2, -0.15) is 0 Å². The SMILES string of the molecule is C/C=C/CCOCc1ccc(C2CCC(C3CCC(/C=C/CCC)CC3)CC2)cc1. The first-order valence-electron chi connectivity index (χ1n) is 12.7. The first-order valence-corrected chi connectivity index (χ1v) is 12.7. The van der Waals surface area contributed by atoms with Gasteiger partial charge >= 0.3 is 0 Å². The molecule has 0 aliphatic heterocycles. The van der Waals surface area contributed by atoms with Crippen LogP contribution >= 0.6 is 0 Å². The molecule has 1 aromatic carbocycles. The van der Waals surface area contributed by atoms with Gasteiger partial charge in [0.05, 0.1) is 13.2 Å². The van der Waals surface area contributed by atoms with Crippen LogP contribution in [-0.2, 0) is 11.3 Å². The summed E-state index contributed by atoms with van der Waals surface area (Å²) in [5, 5.41) is 0. The van der Waals surface area contributed by atoms with Gasteiger partial charge in [-0.25, -0.2) is 0 Å². The van der Waals surface area contributed by atoms with E-state index < -0.39 is 0 Å². The maximum atomic E-state index is 5.77. The Morgan fingerprint density at radius 2 is 1.50 bits per heavy atom. The highest BCUT2D eigenvalue weighted by Gasteiger charge is 2.30. The predicted molar refractivity (Wildman–Crippen MR) is 130 cm³/mol. The molecule has 0 bridgehead atoms.